The molecule has 1 rings (SSSR count). The minimum Gasteiger partial charge on any atom is -0.467 e. The molecule has 9 heteroatoms. The molecule has 0 fully saturated rings. The number of ether oxygens (including phenoxy) is 1. The van der Waals surface area contributed by atoms with Gasteiger partial charge in [-0.25, -0.2) is 9.18 Å². The number of benzene rings is 1. The Morgan fingerprint density at radius 1 is 1.33 bits per heavy atom. The molecular weight excluding hydrogens is 298 g/mol. The van der Waals surface area contributed by atoms with Crippen LogP contribution in [0, 0.1) is 5.82 Å². The molecule has 0 aliphatic rings. The Kier molecular flexibility index (Phi) is 5.25. The summed E-state index contributed by atoms with van der Waals surface area (Å²) in [6.45, 7) is -0.820. The average Bonchev–Trinajstić information content (AvgIpc) is 2.41. The van der Waals surface area contributed by atoms with E-state index in [1.807, 2.05) is 5.32 Å². The van der Waals surface area contributed by atoms with Crippen molar-refractivity contribution in [2.45, 2.75) is 12.2 Å². The molecule has 0 saturated heterocycles. The second-order valence-electron chi connectivity index (χ2n) is 3.96. The fraction of sp³-hybridized carbons (Fsp3) is 0.333. The van der Waals surface area contributed by atoms with Crippen LogP contribution in [0.2, 0.25) is 0 Å². The number of amides is 1. The third-order valence-corrected chi connectivity index (χ3v) is 2.46. The maximum absolute atomic E-state index is 13.1. The Balaban J connectivity index is 3.02. The first kappa shape index (κ1) is 16.9. The van der Waals surface area contributed by atoms with Gasteiger partial charge in [0.1, 0.15) is 5.82 Å². The molecule has 0 aromatic heterocycles. The SMILES string of the molecule is COC(=O)[C@@H](CO)NC(=O)c1cc(F)cc(C(F)(F)F)c1. The predicted molar refractivity (Wildman–Crippen MR) is 61.8 cm³/mol. The van der Waals surface area contributed by atoms with Crippen LogP contribution in [0.5, 0.6) is 0 Å². The van der Waals surface area contributed by atoms with Crippen molar-refractivity contribution in [1.29, 1.82) is 0 Å². The van der Waals surface area contributed by atoms with Gasteiger partial charge in [0.2, 0.25) is 0 Å². The second kappa shape index (κ2) is 6.53. The van der Waals surface area contributed by atoms with Gasteiger partial charge in [-0.2, -0.15) is 13.2 Å². The number of aliphatic hydroxyl groups excluding tert-OH is 1. The van der Waals surface area contributed by atoms with Crippen molar-refractivity contribution < 1.29 is 37.0 Å². The van der Waals surface area contributed by atoms with E-state index in [1.165, 1.54) is 0 Å². The Morgan fingerprint density at radius 2 is 1.95 bits per heavy atom. The molecule has 2 N–H and O–H groups in total. The molecule has 116 valence electrons. The molecule has 0 heterocycles. The molecule has 0 saturated carbocycles. The highest BCUT2D eigenvalue weighted by Gasteiger charge is 2.32. The predicted octanol–water partition coefficient (Wildman–Crippen LogP) is 1.11. The van der Waals surface area contributed by atoms with Crippen LogP contribution in [0.1, 0.15) is 15.9 Å². The first-order chi connectivity index (χ1) is 9.68. The average molecular weight is 309 g/mol. The number of alkyl halides is 3. The number of carbonyl (C=O) groups excluding carboxylic acids is 2. The monoisotopic (exact) mass is 309 g/mol. The number of carbonyl (C=O) groups is 2. The highest BCUT2D eigenvalue weighted by atomic mass is 19.4. The van der Waals surface area contributed by atoms with E-state index in [4.69, 9.17) is 5.11 Å². The molecule has 0 bridgehead atoms. The van der Waals surface area contributed by atoms with Crippen molar-refractivity contribution in [3.8, 4) is 0 Å². The third-order valence-electron chi connectivity index (χ3n) is 2.46. The molecule has 0 unspecified atom stereocenters. The van der Waals surface area contributed by atoms with Crippen LogP contribution in [0.4, 0.5) is 17.6 Å². The van der Waals surface area contributed by atoms with Crippen LogP contribution in [0.25, 0.3) is 0 Å². The molecule has 5 nitrogen and oxygen atoms in total. The summed E-state index contributed by atoms with van der Waals surface area (Å²) in [7, 11) is 1.00. The number of halogens is 4. The highest BCUT2D eigenvalue weighted by Crippen LogP contribution is 2.30. The van der Waals surface area contributed by atoms with Gasteiger partial charge in [-0.05, 0) is 18.2 Å². The molecule has 21 heavy (non-hydrogen) atoms. The van der Waals surface area contributed by atoms with Crippen molar-refractivity contribution in [3.05, 3.63) is 35.1 Å². The zero-order valence-electron chi connectivity index (χ0n) is 10.7. The third kappa shape index (κ3) is 4.42. The van der Waals surface area contributed by atoms with E-state index >= 15 is 0 Å². The molecular formula is C12H11F4NO4. The van der Waals surface area contributed by atoms with Gasteiger partial charge in [0, 0.05) is 5.56 Å². The molecule has 0 spiro atoms. The second-order valence-corrected chi connectivity index (χ2v) is 3.96. The Bertz CT molecular complexity index is 545. The van der Waals surface area contributed by atoms with Gasteiger partial charge in [0.15, 0.2) is 6.04 Å². The minimum absolute atomic E-state index is 0.237. The summed E-state index contributed by atoms with van der Waals surface area (Å²) in [6.07, 6.45) is -4.82. The van der Waals surface area contributed by atoms with E-state index in [-0.39, 0.29) is 6.07 Å². The zero-order valence-corrected chi connectivity index (χ0v) is 10.7. The van der Waals surface area contributed by atoms with Gasteiger partial charge < -0.3 is 15.2 Å². The lowest BCUT2D eigenvalue weighted by Gasteiger charge is -2.14. The molecule has 1 aromatic carbocycles. The lowest BCUT2D eigenvalue weighted by atomic mass is 10.1. The topological polar surface area (TPSA) is 75.6 Å². The summed E-state index contributed by atoms with van der Waals surface area (Å²) >= 11 is 0. The number of esters is 1. The number of nitrogens with one attached hydrogen (secondary N) is 1. The summed E-state index contributed by atoms with van der Waals surface area (Å²) in [5.41, 5.74) is -1.98. The fourth-order valence-electron chi connectivity index (χ4n) is 1.45. The molecule has 1 atom stereocenters. The van der Waals surface area contributed by atoms with Crippen LogP contribution < -0.4 is 5.32 Å². The van der Waals surface area contributed by atoms with E-state index in [2.05, 4.69) is 4.74 Å². The maximum atomic E-state index is 13.1. The molecule has 1 aromatic rings. The Hall–Kier alpha value is -2.16. The number of hydrogen-bond donors (Lipinski definition) is 2. The Labute approximate surface area is 116 Å². The molecule has 0 radical (unpaired) electrons. The largest absolute Gasteiger partial charge is 0.467 e. The number of aliphatic hydroxyl groups is 1. The summed E-state index contributed by atoms with van der Waals surface area (Å²) < 4.78 is 54.9. The van der Waals surface area contributed by atoms with Crippen LogP contribution in [-0.2, 0) is 15.7 Å². The summed E-state index contributed by atoms with van der Waals surface area (Å²) in [5.74, 6) is -3.39. The van der Waals surface area contributed by atoms with E-state index in [0.717, 1.165) is 7.11 Å². The number of rotatable bonds is 4. The maximum Gasteiger partial charge on any atom is 0.416 e. The fourth-order valence-corrected chi connectivity index (χ4v) is 1.45. The standard InChI is InChI=1S/C12H11F4NO4/c1-21-11(20)9(5-18)17-10(19)6-2-7(12(14,15)16)4-8(13)3-6/h2-4,9,18H,5H2,1H3,(H,17,19)/t9-/m1/s1. The van der Waals surface area contributed by atoms with Crippen molar-refractivity contribution in [1.82, 2.24) is 5.32 Å². The lowest BCUT2D eigenvalue weighted by Crippen LogP contribution is -2.44. The van der Waals surface area contributed by atoms with Crippen molar-refractivity contribution in [2.75, 3.05) is 13.7 Å². The van der Waals surface area contributed by atoms with Crippen molar-refractivity contribution in [2.24, 2.45) is 0 Å². The van der Waals surface area contributed by atoms with Gasteiger partial charge in [-0.1, -0.05) is 0 Å². The van der Waals surface area contributed by atoms with Gasteiger partial charge in [-0.15, -0.1) is 0 Å². The quantitative estimate of drug-likeness (QED) is 0.645. The zero-order chi connectivity index (χ0) is 16.2. The van der Waals surface area contributed by atoms with Gasteiger partial charge >= 0.3 is 12.1 Å². The molecule has 0 aliphatic carbocycles. The van der Waals surface area contributed by atoms with Gasteiger partial charge in [0.05, 0.1) is 19.3 Å². The Morgan fingerprint density at radius 3 is 2.43 bits per heavy atom. The normalized spacial score (nSPS) is 12.7. The first-order valence-electron chi connectivity index (χ1n) is 5.56. The molecule has 0 aliphatic heterocycles. The summed E-state index contributed by atoms with van der Waals surface area (Å²) in [4.78, 5) is 22.9. The lowest BCUT2D eigenvalue weighted by molar-refractivity contribution is -0.144. The summed E-state index contributed by atoms with van der Waals surface area (Å²) in [5, 5.41) is 10.8. The van der Waals surface area contributed by atoms with Crippen LogP contribution in [-0.4, -0.2) is 36.7 Å². The first-order valence-corrected chi connectivity index (χ1v) is 5.56. The highest BCUT2D eigenvalue weighted by molar-refractivity contribution is 5.97. The van der Waals surface area contributed by atoms with Gasteiger partial charge in [0.25, 0.3) is 5.91 Å². The van der Waals surface area contributed by atoms with E-state index in [0.29, 0.717) is 12.1 Å². The van der Waals surface area contributed by atoms with Crippen LogP contribution in [0.3, 0.4) is 0 Å². The number of methoxy groups -OCH3 is 1. The number of hydrogen-bond acceptors (Lipinski definition) is 4. The van der Waals surface area contributed by atoms with E-state index < -0.39 is 47.6 Å². The van der Waals surface area contributed by atoms with Crippen LogP contribution in [0.15, 0.2) is 18.2 Å². The molecule has 1 amide bonds. The van der Waals surface area contributed by atoms with Gasteiger partial charge in [-0.3, -0.25) is 4.79 Å². The van der Waals surface area contributed by atoms with Crippen molar-refractivity contribution in [3.63, 3.8) is 0 Å². The van der Waals surface area contributed by atoms with E-state index in [1.54, 1.807) is 0 Å². The summed E-state index contributed by atoms with van der Waals surface area (Å²) in [6, 6.07) is -0.207. The van der Waals surface area contributed by atoms with Crippen molar-refractivity contribution >= 4 is 11.9 Å². The minimum atomic E-state index is -4.82. The van der Waals surface area contributed by atoms with Crippen LogP contribution >= 0.6 is 0 Å². The van der Waals surface area contributed by atoms with E-state index in [9.17, 15) is 27.2 Å². The smallest absolute Gasteiger partial charge is 0.416 e.